The van der Waals surface area contributed by atoms with E-state index in [9.17, 15) is 4.79 Å². The second-order valence-electron chi connectivity index (χ2n) is 6.04. The predicted octanol–water partition coefficient (Wildman–Crippen LogP) is 5.23. The normalized spacial score (nSPS) is 10.7. The Bertz CT molecular complexity index is 1110. The highest BCUT2D eigenvalue weighted by Crippen LogP contribution is 2.33. The average molecular weight is 375 g/mol. The number of thiophene rings is 1. The molecule has 4 aromatic rings. The fourth-order valence-electron chi connectivity index (χ4n) is 2.68. The number of pyridine rings is 1. The molecule has 0 spiro atoms. The van der Waals surface area contributed by atoms with Gasteiger partial charge in [0.15, 0.2) is 0 Å². The van der Waals surface area contributed by atoms with Crippen molar-refractivity contribution in [2.45, 2.75) is 6.92 Å². The van der Waals surface area contributed by atoms with Crippen molar-refractivity contribution >= 4 is 38.8 Å². The summed E-state index contributed by atoms with van der Waals surface area (Å²) in [7, 11) is 0. The Morgan fingerprint density at radius 1 is 1.00 bits per heavy atom. The summed E-state index contributed by atoms with van der Waals surface area (Å²) in [6.45, 7) is 1.91. The number of amides is 1. The number of carbonyl (C=O) groups is 1. The van der Waals surface area contributed by atoms with Crippen molar-refractivity contribution in [3.8, 4) is 11.5 Å². The van der Waals surface area contributed by atoms with Crippen molar-refractivity contribution in [2.75, 3.05) is 11.1 Å². The average Bonchev–Trinajstić information content (AvgIpc) is 3.00. The van der Waals surface area contributed by atoms with Gasteiger partial charge in [-0.05, 0) is 55.5 Å². The molecule has 0 aliphatic carbocycles. The number of fused-ring (bicyclic) bond motifs is 1. The Kier molecular flexibility index (Phi) is 4.48. The van der Waals surface area contributed by atoms with Crippen LogP contribution in [0.3, 0.4) is 0 Å². The molecule has 6 heteroatoms. The van der Waals surface area contributed by atoms with Gasteiger partial charge in [0.2, 0.25) is 0 Å². The van der Waals surface area contributed by atoms with E-state index < -0.39 is 0 Å². The van der Waals surface area contributed by atoms with Crippen LogP contribution in [0.25, 0.3) is 10.2 Å². The van der Waals surface area contributed by atoms with E-state index in [2.05, 4.69) is 10.3 Å². The largest absolute Gasteiger partial charge is 0.457 e. The van der Waals surface area contributed by atoms with Gasteiger partial charge in [0.05, 0.1) is 5.69 Å². The topological polar surface area (TPSA) is 77.2 Å². The van der Waals surface area contributed by atoms with Crippen LogP contribution in [0.2, 0.25) is 0 Å². The van der Waals surface area contributed by atoms with E-state index >= 15 is 0 Å². The number of nitrogens with two attached hydrogens (primary N) is 1. The Morgan fingerprint density at radius 2 is 1.70 bits per heavy atom. The van der Waals surface area contributed by atoms with E-state index in [1.807, 2.05) is 61.5 Å². The Labute approximate surface area is 160 Å². The summed E-state index contributed by atoms with van der Waals surface area (Å²) in [5.41, 5.74) is 8.17. The second-order valence-corrected chi connectivity index (χ2v) is 7.04. The standard InChI is InChI=1S/C21H17N3O2S/c1-13-7-12-17-18(22)19(27-21(17)23-13)20(25)24-14-8-10-16(11-9-14)26-15-5-3-2-4-6-15/h2-12H,22H2,1H3,(H,24,25). The fraction of sp³-hybridized carbons (Fsp3) is 0.0476. The van der Waals surface area contributed by atoms with Gasteiger partial charge in [-0.15, -0.1) is 11.3 Å². The summed E-state index contributed by atoms with van der Waals surface area (Å²) < 4.78 is 5.75. The second kappa shape index (κ2) is 7.09. The lowest BCUT2D eigenvalue weighted by Crippen LogP contribution is -2.11. The lowest BCUT2D eigenvalue weighted by Gasteiger charge is -2.08. The molecule has 0 radical (unpaired) electrons. The van der Waals surface area contributed by atoms with Gasteiger partial charge >= 0.3 is 0 Å². The highest BCUT2D eigenvalue weighted by atomic mass is 32.1. The number of anilines is 2. The summed E-state index contributed by atoms with van der Waals surface area (Å²) >= 11 is 1.30. The molecule has 2 aromatic heterocycles. The first-order chi connectivity index (χ1) is 13.1. The van der Waals surface area contributed by atoms with Crippen LogP contribution in [0, 0.1) is 6.92 Å². The summed E-state index contributed by atoms with van der Waals surface area (Å²) in [6.07, 6.45) is 0. The Balaban J connectivity index is 1.50. The number of rotatable bonds is 4. The van der Waals surface area contributed by atoms with E-state index in [0.29, 0.717) is 22.0 Å². The molecule has 1 amide bonds. The van der Waals surface area contributed by atoms with Crippen LogP contribution in [0.4, 0.5) is 11.4 Å². The number of aromatic nitrogens is 1. The van der Waals surface area contributed by atoms with Crippen molar-refractivity contribution in [3.05, 3.63) is 77.3 Å². The van der Waals surface area contributed by atoms with Crippen molar-refractivity contribution in [1.29, 1.82) is 0 Å². The van der Waals surface area contributed by atoms with Gasteiger partial charge in [0.25, 0.3) is 5.91 Å². The number of nitrogens with one attached hydrogen (secondary N) is 1. The van der Waals surface area contributed by atoms with Gasteiger partial charge < -0.3 is 15.8 Å². The first kappa shape index (κ1) is 17.1. The van der Waals surface area contributed by atoms with E-state index in [-0.39, 0.29) is 5.91 Å². The quantitative estimate of drug-likeness (QED) is 0.512. The molecular weight excluding hydrogens is 358 g/mol. The van der Waals surface area contributed by atoms with Gasteiger partial charge in [-0.3, -0.25) is 4.79 Å². The minimum Gasteiger partial charge on any atom is -0.457 e. The van der Waals surface area contributed by atoms with E-state index in [1.54, 1.807) is 12.1 Å². The zero-order valence-corrected chi connectivity index (χ0v) is 15.4. The minimum absolute atomic E-state index is 0.245. The maximum Gasteiger partial charge on any atom is 0.267 e. The van der Waals surface area contributed by atoms with Crippen LogP contribution in [-0.4, -0.2) is 10.9 Å². The first-order valence-electron chi connectivity index (χ1n) is 8.40. The molecule has 4 rings (SSSR count). The van der Waals surface area contributed by atoms with E-state index in [1.165, 1.54) is 11.3 Å². The molecule has 0 bridgehead atoms. The molecular formula is C21H17N3O2S. The number of hydrogen-bond donors (Lipinski definition) is 2. The summed E-state index contributed by atoms with van der Waals surface area (Å²) in [5, 5.41) is 3.68. The van der Waals surface area contributed by atoms with Crippen LogP contribution in [0.5, 0.6) is 11.5 Å². The summed E-state index contributed by atoms with van der Waals surface area (Å²) in [4.78, 5) is 18.3. The summed E-state index contributed by atoms with van der Waals surface area (Å²) in [6, 6.07) is 20.5. The van der Waals surface area contributed by atoms with Crippen LogP contribution < -0.4 is 15.8 Å². The van der Waals surface area contributed by atoms with Gasteiger partial charge in [-0.2, -0.15) is 0 Å². The van der Waals surface area contributed by atoms with Gasteiger partial charge in [0, 0.05) is 16.8 Å². The maximum absolute atomic E-state index is 12.6. The van der Waals surface area contributed by atoms with Crippen LogP contribution in [-0.2, 0) is 0 Å². The number of para-hydroxylation sites is 1. The zero-order valence-electron chi connectivity index (χ0n) is 14.6. The predicted molar refractivity (Wildman–Crippen MR) is 110 cm³/mol. The first-order valence-corrected chi connectivity index (χ1v) is 9.22. The monoisotopic (exact) mass is 375 g/mol. The molecule has 0 unspecified atom stereocenters. The lowest BCUT2D eigenvalue weighted by atomic mass is 10.2. The third-order valence-corrected chi connectivity index (χ3v) is 5.14. The molecule has 0 atom stereocenters. The van der Waals surface area contributed by atoms with Crippen molar-refractivity contribution < 1.29 is 9.53 Å². The smallest absolute Gasteiger partial charge is 0.267 e. The molecule has 27 heavy (non-hydrogen) atoms. The number of aryl methyl sites for hydroxylation is 1. The number of ether oxygens (including phenoxy) is 1. The molecule has 134 valence electrons. The van der Waals surface area contributed by atoms with E-state index in [4.69, 9.17) is 10.5 Å². The molecule has 5 nitrogen and oxygen atoms in total. The molecule has 2 heterocycles. The fourth-order valence-corrected chi connectivity index (χ4v) is 3.71. The molecule has 0 fully saturated rings. The number of nitrogen functional groups attached to an aromatic ring is 1. The van der Waals surface area contributed by atoms with Gasteiger partial charge in [-0.25, -0.2) is 4.98 Å². The van der Waals surface area contributed by atoms with Gasteiger partial charge in [-0.1, -0.05) is 18.2 Å². The third-order valence-electron chi connectivity index (χ3n) is 4.03. The van der Waals surface area contributed by atoms with E-state index in [0.717, 1.165) is 21.7 Å². The van der Waals surface area contributed by atoms with Crippen molar-refractivity contribution in [1.82, 2.24) is 4.98 Å². The number of hydrogen-bond acceptors (Lipinski definition) is 5. The molecule has 0 saturated carbocycles. The SMILES string of the molecule is Cc1ccc2c(N)c(C(=O)Nc3ccc(Oc4ccccc4)cc3)sc2n1. The van der Waals surface area contributed by atoms with Crippen LogP contribution >= 0.6 is 11.3 Å². The maximum atomic E-state index is 12.6. The minimum atomic E-state index is -0.245. The van der Waals surface area contributed by atoms with Gasteiger partial charge in [0.1, 0.15) is 21.2 Å². The molecule has 2 aromatic carbocycles. The highest BCUT2D eigenvalue weighted by molar-refractivity contribution is 7.21. The Morgan fingerprint density at radius 3 is 2.44 bits per heavy atom. The van der Waals surface area contributed by atoms with Crippen molar-refractivity contribution in [2.24, 2.45) is 0 Å². The molecule has 0 saturated heterocycles. The third kappa shape index (κ3) is 3.61. The van der Waals surface area contributed by atoms with Crippen LogP contribution in [0.15, 0.2) is 66.7 Å². The van der Waals surface area contributed by atoms with Crippen molar-refractivity contribution in [3.63, 3.8) is 0 Å². The number of nitrogens with zero attached hydrogens (tertiary/aromatic N) is 1. The zero-order chi connectivity index (χ0) is 18.8. The molecule has 0 aliphatic rings. The lowest BCUT2D eigenvalue weighted by molar-refractivity contribution is 0.103. The summed E-state index contributed by atoms with van der Waals surface area (Å²) in [5.74, 6) is 1.21. The number of carbonyl (C=O) groups excluding carboxylic acids is 1. The number of benzene rings is 2. The molecule has 0 aliphatic heterocycles. The molecule has 3 N–H and O–H groups in total. The highest BCUT2D eigenvalue weighted by Gasteiger charge is 2.17. The Hall–Kier alpha value is -3.38. The van der Waals surface area contributed by atoms with Crippen LogP contribution in [0.1, 0.15) is 15.4 Å².